The van der Waals surface area contributed by atoms with Crippen molar-refractivity contribution in [2.75, 3.05) is 12.8 Å². The first-order chi connectivity index (χ1) is 9.19. The van der Waals surface area contributed by atoms with Gasteiger partial charge in [-0.25, -0.2) is 4.39 Å². The summed E-state index contributed by atoms with van der Waals surface area (Å²) in [6, 6.07) is 8.68. The summed E-state index contributed by atoms with van der Waals surface area (Å²) in [4.78, 5) is 4.09. The summed E-state index contributed by atoms with van der Waals surface area (Å²) >= 11 is 0. The van der Waals surface area contributed by atoms with Crippen LogP contribution in [0.2, 0.25) is 0 Å². The van der Waals surface area contributed by atoms with Gasteiger partial charge >= 0.3 is 0 Å². The first-order valence-corrected chi connectivity index (χ1v) is 6.29. The van der Waals surface area contributed by atoms with Gasteiger partial charge in [0.05, 0.1) is 0 Å². The Morgan fingerprint density at radius 1 is 1.32 bits per heavy atom. The number of hydrogen-bond acceptors (Lipinski definition) is 3. The Bertz CT molecular complexity index is 542. The molecule has 3 N–H and O–H groups in total. The van der Waals surface area contributed by atoms with E-state index in [4.69, 9.17) is 5.73 Å². The molecule has 0 radical (unpaired) electrons. The summed E-state index contributed by atoms with van der Waals surface area (Å²) in [6.45, 7) is 0. The molecule has 2 aromatic rings. The SMILES string of the molecule is CNC(Cc1cccc(F)c1)Cc1cnccc1N. The van der Waals surface area contributed by atoms with E-state index in [-0.39, 0.29) is 11.9 Å². The lowest BCUT2D eigenvalue weighted by Gasteiger charge is -2.17. The van der Waals surface area contributed by atoms with E-state index in [1.165, 1.54) is 6.07 Å². The highest BCUT2D eigenvalue weighted by atomic mass is 19.1. The number of nitrogens with one attached hydrogen (secondary N) is 1. The van der Waals surface area contributed by atoms with Crippen LogP contribution in [0.25, 0.3) is 0 Å². The molecule has 0 aliphatic heterocycles. The number of nitrogens with two attached hydrogens (primary N) is 1. The van der Waals surface area contributed by atoms with Gasteiger partial charge in [-0.3, -0.25) is 4.98 Å². The molecule has 0 amide bonds. The van der Waals surface area contributed by atoms with Crippen molar-refractivity contribution in [3.8, 4) is 0 Å². The second-order valence-electron chi connectivity index (χ2n) is 4.60. The Labute approximate surface area is 112 Å². The van der Waals surface area contributed by atoms with Crippen molar-refractivity contribution >= 4 is 5.69 Å². The van der Waals surface area contributed by atoms with Crippen molar-refractivity contribution in [1.82, 2.24) is 10.3 Å². The molecule has 0 aliphatic carbocycles. The lowest BCUT2D eigenvalue weighted by atomic mass is 9.99. The summed E-state index contributed by atoms with van der Waals surface area (Å²) in [6.07, 6.45) is 4.99. The second-order valence-corrected chi connectivity index (χ2v) is 4.60. The molecular formula is C15H18FN3. The van der Waals surface area contributed by atoms with Gasteiger partial charge < -0.3 is 11.1 Å². The van der Waals surface area contributed by atoms with E-state index in [2.05, 4.69) is 10.3 Å². The van der Waals surface area contributed by atoms with Gasteiger partial charge in [0, 0.05) is 24.1 Å². The fourth-order valence-electron chi connectivity index (χ4n) is 2.10. The third-order valence-electron chi connectivity index (χ3n) is 3.19. The summed E-state index contributed by atoms with van der Waals surface area (Å²) in [7, 11) is 1.90. The number of nitrogens with zero attached hydrogens (tertiary/aromatic N) is 1. The Morgan fingerprint density at radius 3 is 2.84 bits per heavy atom. The van der Waals surface area contributed by atoms with Gasteiger partial charge in [-0.05, 0) is 49.2 Å². The molecule has 0 fully saturated rings. The van der Waals surface area contributed by atoms with Crippen LogP contribution in [0.1, 0.15) is 11.1 Å². The van der Waals surface area contributed by atoms with Gasteiger partial charge in [0.1, 0.15) is 5.82 Å². The summed E-state index contributed by atoms with van der Waals surface area (Å²) in [5, 5.41) is 3.24. The molecular weight excluding hydrogens is 241 g/mol. The number of aromatic nitrogens is 1. The van der Waals surface area contributed by atoms with Gasteiger partial charge in [0.15, 0.2) is 0 Å². The monoisotopic (exact) mass is 259 g/mol. The number of rotatable bonds is 5. The van der Waals surface area contributed by atoms with Crippen LogP contribution in [-0.2, 0) is 12.8 Å². The molecule has 1 aromatic heterocycles. The quantitative estimate of drug-likeness (QED) is 0.865. The Morgan fingerprint density at radius 2 is 2.16 bits per heavy atom. The minimum absolute atomic E-state index is 0.201. The third-order valence-corrected chi connectivity index (χ3v) is 3.19. The predicted molar refractivity (Wildman–Crippen MR) is 75.3 cm³/mol. The smallest absolute Gasteiger partial charge is 0.123 e. The molecule has 1 atom stereocenters. The molecule has 4 heteroatoms. The lowest BCUT2D eigenvalue weighted by Crippen LogP contribution is -2.30. The standard InChI is InChI=1S/C15H18FN3/c1-18-14(8-11-3-2-4-13(16)7-11)9-12-10-19-6-5-15(12)17/h2-7,10,14,18H,8-9H2,1H3,(H2,17,19). The summed E-state index contributed by atoms with van der Waals surface area (Å²) in [5.74, 6) is -0.201. The molecule has 1 unspecified atom stereocenters. The van der Waals surface area contributed by atoms with Crippen LogP contribution in [-0.4, -0.2) is 18.1 Å². The highest BCUT2D eigenvalue weighted by Gasteiger charge is 2.11. The molecule has 3 nitrogen and oxygen atoms in total. The maximum absolute atomic E-state index is 13.2. The van der Waals surface area contributed by atoms with Crippen LogP contribution in [0.4, 0.5) is 10.1 Å². The minimum Gasteiger partial charge on any atom is -0.398 e. The van der Waals surface area contributed by atoms with E-state index in [0.717, 1.165) is 29.7 Å². The van der Waals surface area contributed by atoms with Gasteiger partial charge in [0.2, 0.25) is 0 Å². The average molecular weight is 259 g/mol. The highest BCUT2D eigenvalue weighted by Crippen LogP contribution is 2.14. The number of nitrogen functional groups attached to an aromatic ring is 1. The van der Waals surface area contributed by atoms with Gasteiger partial charge in [-0.2, -0.15) is 0 Å². The van der Waals surface area contributed by atoms with Crippen LogP contribution in [0, 0.1) is 5.82 Å². The zero-order valence-electron chi connectivity index (χ0n) is 10.9. The van der Waals surface area contributed by atoms with Crippen LogP contribution < -0.4 is 11.1 Å². The van der Waals surface area contributed by atoms with Crippen molar-refractivity contribution in [2.45, 2.75) is 18.9 Å². The van der Waals surface area contributed by atoms with E-state index < -0.39 is 0 Å². The normalized spacial score (nSPS) is 12.3. The molecule has 1 aromatic carbocycles. The van der Waals surface area contributed by atoms with Crippen molar-refractivity contribution in [1.29, 1.82) is 0 Å². The predicted octanol–water partition coefficient (Wildman–Crippen LogP) is 2.18. The Hall–Kier alpha value is -1.94. The molecule has 19 heavy (non-hydrogen) atoms. The number of anilines is 1. The van der Waals surface area contributed by atoms with Crippen molar-refractivity contribution in [3.05, 3.63) is 59.7 Å². The maximum Gasteiger partial charge on any atom is 0.123 e. The maximum atomic E-state index is 13.2. The topological polar surface area (TPSA) is 50.9 Å². The fourth-order valence-corrected chi connectivity index (χ4v) is 2.10. The van der Waals surface area contributed by atoms with Gasteiger partial charge in [-0.15, -0.1) is 0 Å². The molecule has 0 saturated carbocycles. The lowest BCUT2D eigenvalue weighted by molar-refractivity contribution is 0.553. The van der Waals surface area contributed by atoms with Crippen molar-refractivity contribution in [2.24, 2.45) is 0 Å². The number of likely N-dealkylation sites (N-methyl/N-ethyl adjacent to an activating group) is 1. The second kappa shape index (κ2) is 6.29. The van der Waals surface area contributed by atoms with E-state index >= 15 is 0 Å². The van der Waals surface area contributed by atoms with Crippen LogP contribution in [0.5, 0.6) is 0 Å². The van der Waals surface area contributed by atoms with Gasteiger partial charge in [-0.1, -0.05) is 12.1 Å². The fraction of sp³-hybridized carbons (Fsp3) is 0.267. The Balaban J connectivity index is 2.07. The third kappa shape index (κ3) is 3.76. The molecule has 2 rings (SSSR count). The zero-order chi connectivity index (χ0) is 13.7. The Kier molecular flexibility index (Phi) is 4.47. The summed E-state index contributed by atoms with van der Waals surface area (Å²) in [5.41, 5.74) is 8.64. The van der Waals surface area contributed by atoms with Gasteiger partial charge in [0.25, 0.3) is 0 Å². The zero-order valence-corrected chi connectivity index (χ0v) is 10.9. The molecule has 100 valence electrons. The van der Waals surface area contributed by atoms with E-state index in [1.807, 2.05) is 13.1 Å². The number of pyridine rings is 1. The van der Waals surface area contributed by atoms with E-state index in [1.54, 1.807) is 30.6 Å². The first kappa shape index (κ1) is 13.5. The van der Waals surface area contributed by atoms with Crippen LogP contribution in [0.15, 0.2) is 42.7 Å². The van der Waals surface area contributed by atoms with Crippen LogP contribution >= 0.6 is 0 Å². The summed E-state index contributed by atoms with van der Waals surface area (Å²) < 4.78 is 13.2. The number of halogens is 1. The number of benzene rings is 1. The molecule has 0 bridgehead atoms. The minimum atomic E-state index is -0.201. The van der Waals surface area contributed by atoms with E-state index in [0.29, 0.717) is 0 Å². The molecule has 0 aliphatic rings. The molecule has 0 spiro atoms. The van der Waals surface area contributed by atoms with Crippen molar-refractivity contribution in [3.63, 3.8) is 0 Å². The first-order valence-electron chi connectivity index (χ1n) is 6.29. The average Bonchev–Trinajstić information content (AvgIpc) is 2.40. The van der Waals surface area contributed by atoms with E-state index in [9.17, 15) is 4.39 Å². The highest BCUT2D eigenvalue weighted by molar-refractivity contribution is 5.44. The molecule has 1 heterocycles. The van der Waals surface area contributed by atoms with Crippen molar-refractivity contribution < 1.29 is 4.39 Å². The molecule has 0 saturated heterocycles. The number of hydrogen-bond donors (Lipinski definition) is 2. The largest absolute Gasteiger partial charge is 0.398 e. The van der Waals surface area contributed by atoms with Crippen LogP contribution in [0.3, 0.4) is 0 Å².